The normalized spacial score (nSPS) is 15.8. The van der Waals surface area contributed by atoms with Crippen molar-refractivity contribution in [3.8, 4) is 5.69 Å². The van der Waals surface area contributed by atoms with E-state index in [2.05, 4.69) is 20.7 Å². The second kappa shape index (κ2) is 13.4. The predicted octanol–water partition coefficient (Wildman–Crippen LogP) is 3.69. The van der Waals surface area contributed by atoms with Crippen molar-refractivity contribution in [3.63, 3.8) is 0 Å². The average Bonchev–Trinajstić information content (AvgIpc) is 3.63. The van der Waals surface area contributed by atoms with Gasteiger partial charge in [0.2, 0.25) is 17.7 Å². The van der Waals surface area contributed by atoms with Crippen molar-refractivity contribution in [2.75, 3.05) is 6.54 Å². The zero-order valence-electron chi connectivity index (χ0n) is 22.3. The molecule has 1 saturated heterocycles. The van der Waals surface area contributed by atoms with Crippen molar-refractivity contribution in [1.29, 1.82) is 0 Å². The molecule has 0 saturated carbocycles. The number of aryl methyl sites for hydroxylation is 1. The van der Waals surface area contributed by atoms with Gasteiger partial charge in [0.25, 0.3) is 0 Å². The third-order valence-electron chi connectivity index (χ3n) is 6.82. The van der Waals surface area contributed by atoms with Crippen molar-refractivity contribution >= 4 is 29.3 Å². The summed E-state index contributed by atoms with van der Waals surface area (Å²) in [5, 5.41) is 10.6. The van der Waals surface area contributed by atoms with Crippen LogP contribution in [0.15, 0.2) is 61.2 Å². The number of carbonyl (C=O) groups is 3. The molecule has 2 aromatic carbocycles. The van der Waals surface area contributed by atoms with Gasteiger partial charge in [-0.05, 0) is 60.9 Å². The van der Waals surface area contributed by atoms with Crippen LogP contribution in [0.4, 0.5) is 0 Å². The standard InChI is InChI=1S/C29H35ClN6O3/c1-20(2)15-24(34-27(37)13-10-21-7-4-3-5-8-21)29(39)35-14-6-9-26(35)28(38)32-17-22-16-23(30)11-12-25(22)36-19-31-18-33-36/h3-5,7-8,11-12,16,18-20,24,26H,6,9-10,13-15,17H2,1-2H3,(H,32,38)(H,34,37)/t24-,26-/m0/s1. The lowest BCUT2D eigenvalue weighted by molar-refractivity contribution is -0.141. The first-order chi connectivity index (χ1) is 18.8. The molecule has 2 N–H and O–H groups in total. The summed E-state index contributed by atoms with van der Waals surface area (Å²) in [5.74, 6) is -0.412. The number of halogens is 1. The molecule has 3 aromatic rings. The minimum Gasteiger partial charge on any atom is -0.350 e. The van der Waals surface area contributed by atoms with E-state index < -0.39 is 12.1 Å². The molecule has 10 heteroatoms. The van der Waals surface area contributed by atoms with Crippen LogP contribution < -0.4 is 10.6 Å². The maximum atomic E-state index is 13.6. The molecule has 4 rings (SSSR count). The van der Waals surface area contributed by atoms with Gasteiger partial charge in [0.1, 0.15) is 24.7 Å². The molecule has 0 bridgehead atoms. The van der Waals surface area contributed by atoms with Gasteiger partial charge in [-0.2, -0.15) is 5.10 Å². The highest BCUT2D eigenvalue weighted by Crippen LogP contribution is 2.22. The summed E-state index contributed by atoms with van der Waals surface area (Å²) >= 11 is 6.21. The van der Waals surface area contributed by atoms with Crippen molar-refractivity contribution < 1.29 is 14.4 Å². The van der Waals surface area contributed by atoms with Crippen LogP contribution in [0, 0.1) is 5.92 Å². The van der Waals surface area contributed by atoms with Crippen molar-refractivity contribution in [2.24, 2.45) is 5.92 Å². The van der Waals surface area contributed by atoms with E-state index in [1.54, 1.807) is 28.0 Å². The molecule has 1 aliphatic rings. The van der Waals surface area contributed by atoms with Gasteiger partial charge in [0.15, 0.2) is 0 Å². The molecule has 3 amide bonds. The highest BCUT2D eigenvalue weighted by molar-refractivity contribution is 6.30. The van der Waals surface area contributed by atoms with Crippen LogP contribution in [0.2, 0.25) is 5.02 Å². The Hall–Kier alpha value is -3.72. The molecule has 1 aliphatic heterocycles. The van der Waals surface area contributed by atoms with Gasteiger partial charge in [-0.25, -0.2) is 9.67 Å². The van der Waals surface area contributed by atoms with E-state index in [9.17, 15) is 14.4 Å². The fourth-order valence-corrected chi connectivity index (χ4v) is 5.11. The quantitative estimate of drug-likeness (QED) is 0.378. The number of hydrogen-bond acceptors (Lipinski definition) is 5. The Morgan fingerprint density at radius 2 is 1.92 bits per heavy atom. The molecule has 2 heterocycles. The lowest BCUT2D eigenvalue weighted by atomic mass is 10.0. The Labute approximate surface area is 233 Å². The van der Waals surface area contributed by atoms with Crippen LogP contribution in [-0.4, -0.2) is 56.0 Å². The molecular weight excluding hydrogens is 516 g/mol. The molecule has 0 aliphatic carbocycles. The molecule has 39 heavy (non-hydrogen) atoms. The van der Waals surface area contributed by atoms with E-state index in [4.69, 9.17) is 11.6 Å². The molecule has 206 valence electrons. The van der Waals surface area contributed by atoms with Gasteiger partial charge in [-0.3, -0.25) is 14.4 Å². The van der Waals surface area contributed by atoms with Gasteiger partial charge < -0.3 is 15.5 Å². The van der Waals surface area contributed by atoms with E-state index >= 15 is 0 Å². The van der Waals surface area contributed by atoms with Crippen LogP contribution in [0.5, 0.6) is 0 Å². The van der Waals surface area contributed by atoms with E-state index in [-0.39, 0.29) is 30.2 Å². The van der Waals surface area contributed by atoms with Crippen molar-refractivity contribution in [2.45, 2.75) is 64.6 Å². The highest BCUT2D eigenvalue weighted by atomic mass is 35.5. The summed E-state index contributed by atoms with van der Waals surface area (Å²) in [7, 11) is 0. The van der Waals surface area contributed by atoms with Gasteiger partial charge in [0.05, 0.1) is 5.69 Å². The maximum absolute atomic E-state index is 13.6. The summed E-state index contributed by atoms with van der Waals surface area (Å²) in [6.45, 7) is 4.73. The Bertz CT molecular complexity index is 1270. The summed E-state index contributed by atoms with van der Waals surface area (Å²) < 4.78 is 1.61. The van der Waals surface area contributed by atoms with Crippen LogP contribution in [0.1, 0.15) is 50.7 Å². The van der Waals surface area contributed by atoms with Crippen molar-refractivity contribution in [3.05, 3.63) is 77.3 Å². The van der Waals surface area contributed by atoms with E-state index in [1.807, 2.05) is 50.2 Å². The third-order valence-corrected chi connectivity index (χ3v) is 7.06. The number of carbonyl (C=O) groups excluding carboxylic acids is 3. The SMILES string of the molecule is CC(C)C[C@H](NC(=O)CCc1ccccc1)C(=O)N1CCC[C@H]1C(=O)NCc1cc(Cl)ccc1-n1cncn1. The average molecular weight is 551 g/mol. The number of likely N-dealkylation sites (tertiary alicyclic amines) is 1. The minimum atomic E-state index is -0.673. The van der Waals surface area contributed by atoms with E-state index in [0.29, 0.717) is 37.3 Å². The van der Waals surface area contributed by atoms with Crippen LogP contribution >= 0.6 is 11.6 Å². The zero-order valence-corrected chi connectivity index (χ0v) is 23.1. The summed E-state index contributed by atoms with van der Waals surface area (Å²) in [4.78, 5) is 45.3. The number of aromatic nitrogens is 3. The number of nitrogens with one attached hydrogen (secondary N) is 2. The fourth-order valence-electron chi connectivity index (χ4n) is 4.92. The molecular formula is C29H35ClN6O3. The van der Waals surface area contributed by atoms with E-state index in [0.717, 1.165) is 23.2 Å². The van der Waals surface area contributed by atoms with Gasteiger partial charge >= 0.3 is 0 Å². The highest BCUT2D eigenvalue weighted by Gasteiger charge is 2.37. The topological polar surface area (TPSA) is 109 Å². The molecule has 1 fully saturated rings. The molecule has 0 unspecified atom stereocenters. The van der Waals surface area contributed by atoms with Crippen molar-refractivity contribution in [1.82, 2.24) is 30.3 Å². The smallest absolute Gasteiger partial charge is 0.245 e. The predicted molar refractivity (Wildman–Crippen MR) is 149 cm³/mol. The van der Waals surface area contributed by atoms with Crippen LogP contribution in [0.3, 0.4) is 0 Å². The second-order valence-corrected chi connectivity index (χ2v) is 10.7. The monoisotopic (exact) mass is 550 g/mol. The lowest BCUT2D eigenvalue weighted by Gasteiger charge is -2.29. The summed E-state index contributed by atoms with van der Waals surface area (Å²) in [6.07, 6.45) is 5.71. The number of hydrogen-bond donors (Lipinski definition) is 2. The third kappa shape index (κ3) is 7.66. The van der Waals surface area contributed by atoms with Gasteiger partial charge in [-0.15, -0.1) is 0 Å². The van der Waals surface area contributed by atoms with E-state index in [1.165, 1.54) is 6.33 Å². The maximum Gasteiger partial charge on any atom is 0.245 e. The Morgan fingerprint density at radius 1 is 1.13 bits per heavy atom. The Kier molecular flexibility index (Phi) is 9.70. The number of benzene rings is 2. The summed E-state index contributed by atoms with van der Waals surface area (Å²) in [5.41, 5.74) is 2.61. The molecule has 0 radical (unpaired) electrons. The number of rotatable bonds is 11. The largest absolute Gasteiger partial charge is 0.350 e. The first-order valence-corrected chi connectivity index (χ1v) is 13.7. The first kappa shape index (κ1) is 28.3. The summed E-state index contributed by atoms with van der Waals surface area (Å²) in [6, 6.07) is 13.9. The Balaban J connectivity index is 1.39. The van der Waals surface area contributed by atoms with Crippen LogP contribution in [0.25, 0.3) is 5.69 Å². The molecule has 0 spiro atoms. The Morgan fingerprint density at radius 3 is 2.64 bits per heavy atom. The number of amides is 3. The molecule has 9 nitrogen and oxygen atoms in total. The van der Waals surface area contributed by atoms with Gasteiger partial charge in [0, 0.05) is 24.5 Å². The zero-order chi connectivity index (χ0) is 27.8. The fraction of sp³-hybridized carbons (Fsp3) is 0.414. The molecule has 1 aromatic heterocycles. The van der Waals surface area contributed by atoms with Crippen LogP contribution in [-0.2, 0) is 27.3 Å². The minimum absolute atomic E-state index is 0.167. The second-order valence-electron chi connectivity index (χ2n) is 10.3. The van der Waals surface area contributed by atoms with Gasteiger partial charge in [-0.1, -0.05) is 55.8 Å². The lowest BCUT2D eigenvalue weighted by Crippen LogP contribution is -2.53. The first-order valence-electron chi connectivity index (χ1n) is 13.4. The number of nitrogens with zero attached hydrogens (tertiary/aromatic N) is 4. The molecule has 2 atom stereocenters.